The minimum atomic E-state index is -1.41. The Morgan fingerprint density at radius 1 is 0.891 bits per heavy atom. The second-order valence-corrected chi connectivity index (χ2v) is 14.6. The van der Waals surface area contributed by atoms with E-state index in [4.69, 9.17) is 15.5 Å². The van der Waals surface area contributed by atoms with Crippen molar-refractivity contribution in [3.05, 3.63) is 101 Å². The van der Waals surface area contributed by atoms with Crippen LogP contribution in [0.3, 0.4) is 0 Å². The van der Waals surface area contributed by atoms with Gasteiger partial charge in [-0.25, -0.2) is 18.7 Å². The van der Waals surface area contributed by atoms with Crippen molar-refractivity contribution in [2.24, 2.45) is 10.9 Å². The van der Waals surface area contributed by atoms with Gasteiger partial charge < -0.3 is 45.1 Å². The van der Waals surface area contributed by atoms with Crippen molar-refractivity contribution in [1.82, 2.24) is 24.1 Å². The van der Waals surface area contributed by atoms with Gasteiger partial charge in [0, 0.05) is 46.6 Å². The van der Waals surface area contributed by atoms with Gasteiger partial charge in [-0.1, -0.05) is 24.3 Å². The van der Waals surface area contributed by atoms with Crippen molar-refractivity contribution in [2.45, 2.75) is 81.9 Å². The Hall–Kier alpha value is -5.32. The molecular weight excluding hydrogens is 712 g/mol. The van der Waals surface area contributed by atoms with Crippen LogP contribution in [0.1, 0.15) is 53.4 Å². The third-order valence-corrected chi connectivity index (χ3v) is 11.3. The van der Waals surface area contributed by atoms with Crippen molar-refractivity contribution in [1.29, 1.82) is 0 Å². The highest BCUT2D eigenvalue weighted by Crippen LogP contribution is 2.45. The predicted octanol–water partition coefficient (Wildman–Crippen LogP) is 4.26. The van der Waals surface area contributed by atoms with Crippen LogP contribution in [0.2, 0.25) is 0 Å². The average Bonchev–Trinajstić information content (AvgIpc) is 3.90. The molecule has 0 bridgehead atoms. The van der Waals surface area contributed by atoms with Gasteiger partial charge in [0.15, 0.2) is 11.6 Å². The van der Waals surface area contributed by atoms with E-state index in [-0.39, 0.29) is 24.4 Å². The lowest BCUT2D eigenvalue weighted by molar-refractivity contribution is -0.0265. The van der Waals surface area contributed by atoms with Gasteiger partial charge in [0.1, 0.15) is 41.5 Å². The summed E-state index contributed by atoms with van der Waals surface area (Å²) >= 11 is 0. The smallest absolute Gasteiger partial charge is 0.222 e. The number of aliphatic hydroxyl groups excluding tert-OH is 5. The van der Waals surface area contributed by atoms with Gasteiger partial charge in [0.05, 0.1) is 42.2 Å². The van der Waals surface area contributed by atoms with E-state index in [0.717, 1.165) is 28.6 Å². The van der Waals surface area contributed by atoms with Crippen LogP contribution in [-0.4, -0.2) is 86.9 Å². The van der Waals surface area contributed by atoms with Crippen molar-refractivity contribution >= 4 is 34.7 Å². The molecule has 0 saturated heterocycles. The standard InChI is InChI=1S/C40H41F2N7O6/c1-18-12-27(46-38-22(18)10-11-48(38)29-15-31(37(54)36(29)53)55-30-7-5-4-6-21(30)16-44-3)24-17-49(39-32(24)19(2)45-40(43)47-39)28-14-23(34(51)35(28)52)33(50)20-8-9-25(41)26(42)13-20/h4-13,17,23,28-29,31,33-37,50-54H,3,14-16H2,1-2H3,(H2,43,45,47)/t23-,28-,29+,31-,33+,34-,35+,36-,37+/m1/s1. The Balaban J connectivity index is 1.16. The van der Waals surface area contributed by atoms with Crippen LogP contribution in [-0.2, 0) is 6.54 Å². The van der Waals surface area contributed by atoms with Crippen LogP contribution in [0.25, 0.3) is 33.3 Å². The molecule has 2 aromatic carbocycles. The normalized spacial score (nSPS) is 25.9. The van der Waals surface area contributed by atoms with E-state index in [9.17, 15) is 34.3 Å². The van der Waals surface area contributed by atoms with Crippen LogP contribution in [0.4, 0.5) is 14.7 Å². The number of halogens is 2. The minimum absolute atomic E-state index is 0.00953. The van der Waals surface area contributed by atoms with Gasteiger partial charge in [-0.3, -0.25) is 4.99 Å². The molecule has 2 saturated carbocycles. The Bertz CT molecular complexity index is 2440. The minimum Gasteiger partial charge on any atom is -0.487 e. The van der Waals surface area contributed by atoms with E-state index in [1.165, 1.54) is 6.07 Å². The number of fused-ring (bicyclic) bond motifs is 2. The molecule has 9 atom stereocenters. The maximum Gasteiger partial charge on any atom is 0.222 e. The molecule has 6 aromatic rings. The molecule has 4 heterocycles. The van der Waals surface area contributed by atoms with Gasteiger partial charge in [0.25, 0.3) is 0 Å². The number of aliphatic imine (C=N–C) groups is 1. The summed E-state index contributed by atoms with van der Waals surface area (Å²) in [5.41, 5.74) is 10.5. The molecule has 4 aromatic heterocycles. The molecule has 8 rings (SSSR count). The van der Waals surface area contributed by atoms with E-state index in [1.54, 1.807) is 23.8 Å². The van der Waals surface area contributed by atoms with E-state index in [2.05, 4.69) is 21.7 Å². The summed E-state index contributed by atoms with van der Waals surface area (Å²) in [6.07, 6.45) is -3.31. The number of hydrogen-bond acceptors (Lipinski definition) is 11. The summed E-state index contributed by atoms with van der Waals surface area (Å²) in [6, 6.07) is 12.8. The van der Waals surface area contributed by atoms with Gasteiger partial charge in [-0.2, -0.15) is 4.98 Å². The monoisotopic (exact) mass is 753 g/mol. The van der Waals surface area contributed by atoms with Crippen LogP contribution in [0, 0.1) is 31.4 Å². The molecule has 15 heteroatoms. The largest absolute Gasteiger partial charge is 0.487 e. The molecule has 0 amide bonds. The van der Waals surface area contributed by atoms with E-state index >= 15 is 0 Å². The fourth-order valence-electron chi connectivity index (χ4n) is 8.46. The van der Waals surface area contributed by atoms with Crippen LogP contribution < -0.4 is 10.5 Å². The summed E-state index contributed by atoms with van der Waals surface area (Å²) in [7, 11) is 0. The van der Waals surface area contributed by atoms with Gasteiger partial charge in [-0.15, -0.1) is 0 Å². The molecular formula is C40H41F2N7O6. The molecule has 2 aliphatic rings. The Morgan fingerprint density at radius 3 is 2.40 bits per heavy atom. The predicted molar refractivity (Wildman–Crippen MR) is 200 cm³/mol. The van der Waals surface area contributed by atoms with Crippen molar-refractivity contribution in [3.8, 4) is 17.0 Å². The van der Waals surface area contributed by atoms with Gasteiger partial charge in [0.2, 0.25) is 5.95 Å². The van der Waals surface area contributed by atoms with Crippen LogP contribution >= 0.6 is 0 Å². The van der Waals surface area contributed by atoms with E-state index < -0.39 is 66.3 Å². The number of pyridine rings is 1. The molecule has 7 N–H and O–H groups in total. The number of anilines is 1. The molecule has 2 fully saturated rings. The maximum absolute atomic E-state index is 14.1. The number of nitrogens with two attached hydrogens (primary N) is 1. The second-order valence-electron chi connectivity index (χ2n) is 14.6. The number of nitrogen functional groups attached to an aromatic ring is 1. The highest BCUT2D eigenvalue weighted by molar-refractivity contribution is 5.97. The highest BCUT2D eigenvalue weighted by atomic mass is 19.2. The van der Waals surface area contributed by atoms with Gasteiger partial charge in [-0.05, 0) is 68.4 Å². The summed E-state index contributed by atoms with van der Waals surface area (Å²) in [5.74, 6) is -2.59. The molecule has 13 nitrogen and oxygen atoms in total. The number of ether oxygens (including phenoxy) is 1. The first-order chi connectivity index (χ1) is 26.4. The lowest BCUT2D eigenvalue weighted by atomic mass is 9.92. The number of rotatable bonds is 9. The SMILES string of the molecule is C=NCc1ccccc1O[C@@H]1C[C@H](n2ccc3c(C)cc(-c4cn([C@@H]5C[C@H]([C@@H](O)c6ccc(F)c(F)c6)[C@@H](O)[C@H]5O)c5nc(N)nc(C)c45)nc32)[C@@H](O)[C@H]1O. The Kier molecular flexibility index (Phi) is 9.38. The summed E-state index contributed by atoms with van der Waals surface area (Å²) < 4.78 is 37.5. The van der Waals surface area contributed by atoms with E-state index in [0.29, 0.717) is 45.9 Å². The molecule has 2 aliphatic carbocycles. The quantitative estimate of drug-likeness (QED) is 0.116. The lowest BCUT2D eigenvalue weighted by Crippen LogP contribution is -2.34. The third-order valence-electron chi connectivity index (χ3n) is 11.3. The number of benzene rings is 2. The number of aryl methyl sites for hydroxylation is 2. The van der Waals surface area contributed by atoms with Crippen molar-refractivity contribution in [3.63, 3.8) is 0 Å². The first kappa shape index (κ1) is 36.6. The summed E-state index contributed by atoms with van der Waals surface area (Å²) in [4.78, 5) is 18.0. The lowest BCUT2D eigenvalue weighted by Gasteiger charge is -2.22. The number of para-hydroxylation sites is 1. The number of hydrogen-bond donors (Lipinski definition) is 6. The van der Waals surface area contributed by atoms with Gasteiger partial charge >= 0.3 is 0 Å². The summed E-state index contributed by atoms with van der Waals surface area (Å²) in [5, 5.41) is 57.7. The molecule has 0 radical (unpaired) electrons. The number of aromatic nitrogens is 5. The van der Waals surface area contributed by atoms with Crippen LogP contribution in [0.15, 0.2) is 72.0 Å². The maximum atomic E-state index is 14.1. The highest BCUT2D eigenvalue weighted by Gasteiger charge is 2.47. The fraction of sp³-hybridized carbons (Fsp3) is 0.350. The first-order valence-electron chi connectivity index (χ1n) is 18.0. The molecule has 0 spiro atoms. The second kappa shape index (κ2) is 14.1. The summed E-state index contributed by atoms with van der Waals surface area (Å²) in [6.45, 7) is 7.63. The molecule has 286 valence electrons. The number of nitrogens with zero attached hydrogens (tertiary/aromatic N) is 6. The van der Waals surface area contributed by atoms with Crippen LogP contribution in [0.5, 0.6) is 5.75 Å². The Morgan fingerprint density at radius 2 is 1.64 bits per heavy atom. The Labute approximate surface area is 314 Å². The zero-order valence-electron chi connectivity index (χ0n) is 30.0. The van der Waals surface area contributed by atoms with Crippen molar-refractivity contribution < 1.29 is 39.1 Å². The van der Waals surface area contributed by atoms with E-state index in [1.807, 2.05) is 48.0 Å². The zero-order valence-corrected chi connectivity index (χ0v) is 30.0. The topological polar surface area (TPSA) is 197 Å². The third kappa shape index (κ3) is 6.21. The van der Waals surface area contributed by atoms with Crippen molar-refractivity contribution in [2.75, 3.05) is 5.73 Å². The fourth-order valence-corrected chi connectivity index (χ4v) is 8.46. The molecule has 0 unspecified atom stereocenters. The zero-order chi connectivity index (χ0) is 38.9. The molecule has 55 heavy (non-hydrogen) atoms. The average molecular weight is 754 g/mol. The number of aliphatic hydroxyl groups is 5. The molecule has 0 aliphatic heterocycles. The first-order valence-corrected chi connectivity index (χ1v) is 18.0.